The van der Waals surface area contributed by atoms with Crippen molar-refractivity contribution >= 4 is 11.7 Å². The number of carbonyl (C=O) groups excluding carboxylic acids is 1. The maximum atomic E-state index is 12.2. The number of rotatable bonds is 4. The Morgan fingerprint density at radius 1 is 1.04 bits per heavy atom. The summed E-state index contributed by atoms with van der Waals surface area (Å²) in [5, 5.41) is 3.24. The molecule has 0 spiro atoms. The summed E-state index contributed by atoms with van der Waals surface area (Å²) in [4.78, 5) is 12.2. The highest BCUT2D eigenvalue weighted by Crippen LogP contribution is 2.42. The summed E-state index contributed by atoms with van der Waals surface area (Å²) in [6, 6.07) is 9.62. The van der Waals surface area contributed by atoms with Gasteiger partial charge in [-0.3, -0.25) is 0 Å². The van der Waals surface area contributed by atoms with Gasteiger partial charge >= 0.3 is 5.97 Å². The molecule has 1 atom stereocenters. The molecule has 0 unspecified atom stereocenters. The van der Waals surface area contributed by atoms with Crippen LogP contribution in [0.3, 0.4) is 0 Å². The van der Waals surface area contributed by atoms with Crippen molar-refractivity contribution in [3.8, 4) is 11.5 Å². The van der Waals surface area contributed by atoms with E-state index in [2.05, 4.69) is 12.2 Å². The molecule has 0 saturated carbocycles. The van der Waals surface area contributed by atoms with E-state index in [0.717, 1.165) is 11.3 Å². The summed E-state index contributed by atoms with van der Waals surface area (Å²) in [5.74, 6) is 0.492. The van der Waals surface area contributed by atoms with Gasteiger partial charge in [-0.2, -0.15) is 0 Å². The fraction of sp³-hybridized carbons (Fsp3) is 0.278. The van der Waals surface area contributed by atoms with E-state index in [1.165, 1.54) is 25.3 Å². The van der Waals surface area contributed by atoms with E-state index in [4.69, 9.17) is 14.2 Å². The molecule has 23 heavy (non-hydrogen) atoms. The van der Waals surface area contributed by atoms with Crippen molar-refractivity contribution in [2.75, 3.05) is 19.5 Å². The molecular weight excluding hydrogens is 294 g/mol. The summed E-state index contributed by atoms with van der Waals surface area (Å²) in [6.45, 7) is 4.10. The van der Waals surface area contributed by atoms with Crippen molar-refractivity contribution in [1.82, 2.24) is 0 Å². The molecule has 0 aromatic heterocycles. The zero-order valence-electron chi connectivity index (χ0n) is 13.6. The smallest absolute Gasteiger partial charge is 0.344 e. The van der Waals surface area contributed by atoms with E-state index in [0.29, 0.717) is 17.1 Å². The summed E-state index contributed by atoms with van der Waals surface area (Å²) in [5.41, 5.74) is 4.44. The fourth-order valence-electron chi connectivity index (χ4n) is 2.69. The molecule has 0 radical (unpaired) electrons. The third-order valence-electron chi connectivity index (χ3n) is 4.09. The van der Waals surface area contributed by atoms with Gasteiger partial charge in [0.2, 0.25) is 6.23 Å². The molecule has 0 aliphatic carbocycles. The van der Waals surface area contributed by atoms with E-state index in [1.807, 2.05) is 31.2 Å². The molecule has 2 aromatic carbocycles. The second-order valence-electron chi connectivity index (χ2n) is 5.49. The standard InChI is InChI=1S/C18H19NO4/c1-10-5-6-12(9-11(10)2)19-17-13-7-8-14(21-3)16(22-4)15(13)18(20)23-17/h5-9,17,19H,1-4H3/t17-/m1/s1. The van der Waals surface area contributed by atoms with Crippen molar-refractivity contribution in [1.29, 1.82) is 0 Å². The minimum atomic E-state index is -0.542. The van der Waals surface area contributed by atoms with Crippen LogP contribution in [0.1, 0.15) is 33.3 Å². The Kier molecular flexibility index (Phi) is 3.86. The zero-order chi connectivity index (χ0) is 16.6. The van der Waals surface area contributed by atoms with Crippen molar-refractivity contribution in [3.05, 3.63) is 52.6 Å². The van der Waals surface area contributed by atoms with Gasteiger partial charge in [-0.05, 0) is 49.2 Å². The molecule has 1 heterocycles. The highest BCUT2D eigenvalue weighted by atomic mass is 16.6. The average Bonchev–Trinajstić information content (AvgIpc) is 2.86. The van der Waals surface area contributed by atoms with Crippen molar-refractivity contribution in [2.45, 2.75) is 20.1 Å². The number of ether oxygens (including phenoxy) is 3. The van der Waals surface area contributed by atoms with Crippen LogP contribution >= 0.6 is 0 Å². The molecule has 5 nitrogen and oxygen atoms in total. The first-order chi connectivity index (χ1) is 11.0. The summed E-state index contributed by atoms with van der Waals surface area (Å²) >= 11 is 0. The quantitative estimate of drug-likeness (QED) is 0.874. The minimum absolute atomic E-state index is 0.402. The van der Waals surface area contributed by atoms with Gasteiger partial charge in [-0.15, -0.1) is 0 Å². The van der Waals surface area contributed by atoms with Gasteiger partial charge in [-0.1, -0.05) is 6.07 Å². The number of cyclic esters (lactones) is 1. The molecule has 0 bridgehead atoms. The lowest BCUT2D eigenvalue weighted by Gasteiger charge is -2.16. The van der Waals surface area contributed by atoms with E-state index in [9.17, 15) is 4.79 Å². The lowest BCUT2D eigenvalue weighted by molar-refractivity contribution is 0.0435. The first-order valence-electron chi connectivity index (χ1n) is 7.34. The van der Waals surface area contributed by atoms with Gasteiger partial charge in [0.25, 0.3) is 0 Å². The second-order valence-corrected chi connectivity index (χ2v) is 5.49. The first kappa shape index (κ1) is 15.2. The topological polar surface area (TPSA) is 56.8 Å². The molecule has 1 aliphatic heterocycles. The summed E-state index contributed by atoms with van der Waals surface area (Å²) in [6.07, 6.45) is -0.542. The van der Waals surface area contributed by atoms with E-state index < -0.39 is 12.2 Å². The minimum Gasteiger partial charge on any atom is -0.493 e. The number of hydrogen-bond donors (Lipinski definition) is 1. The molecule has 1 N–H and O–H groups in total. The van der Waals surface area contributed by atoms with Crippen LogP contribution in [0.15, 0.2) is 30.3 Å². The van der Waals surface area contributed by atoms with E-state index in [1.54, 1.807) is 6.07 Å². The van der Waals surface area contributed by atoms with Gasteiger partial charge in [0.05, 0.1) is 14.2 Å². The van der Waals surface area contributed by atoms with Gasteiger partial charge in [0.1, 0.15) is 5.56 Å². The van der Waals surface area contributed by atoms with Gasteiger partial charge < -0.3 is 19.5 Å². The Hall–Kier alpha value is -2.69. The van der Waals surface area contributed by atoms with Crippen LogP contribution in [0.4, 0.5) is 5.69 Å². The van der Waals surface area contributed by atoms with Crippen molar-refractivity contribution in [2.24, 2.45) is 0 Å². The number of carbonyl (C=O) groups is 1. The van der Waals surface area contributed by atoms with Crippen LogP contribution in [0.5, 0.6) is 11.5 Å². The molecule has 5 heteroatoms. The molecule has 120 valence electrons. The number of benzene rings is 2. The molecule has 2 aromatic rings. The van der Waals surface area contributed by atoms with E-state index >= 15 is 0 Å². The molecule has 0 fully saturated rings. The van der Waals surface area contributed by atoms with Crippen LogP contribution in [-0.2, 0) is 4.74 Å². The Morgan fingerprint density at radius 3 is 2.48 bits per heavy atom. The Labute approximate surface area is 135 Å². The number of hydrogen-bond acceptors (Lipinski definition) is 5. The maximum Gasteiger partial charge on any atom is 0.344 e. The predicted octanol–water partition coefficient (Wildman–Crippen LogP) is 3.60. The summed E-state index contributed by atoms with van der Waals surface area (Å²) in [7, 11) is 3.05. The lowest BCUT2D eigenvalue weighted by Crippen LogP contribution is -2.10. The van der Waals surface area contributed by atoms with Crippen LogP contribution < -0.4 is 14.8 Å². The third kappa shape index (κ3) is 2.59. The highest BCUT2D eigenvalue weighted by Gasteiger charge is 2.35. The number of anilines is 1. The molecule has 1 aliphatic rings. The summed E-state index contributed by atoms with van der Waals surface area (Å²) < 4.78 is 16.0. The molecule has 0 amide bonds. The Balaban J connectivity index is 1.97. The third-order valence-corrected chi connectivity index (χ3v) is 4.09. The van der Waals surface area contributed by atoms with Gasteiger partial charge in [0, 0.05) is 11.3 Å². The van der Waals surface area contributed by atoms with Crippen LogP contribution in [0.25, 0.3) is 0 Å². The lowest BCUT2D eigenvalue weighted by atomic mass is 10.1. The number of esters is 1. The number of aryl methyl sites for hydroxylation is 2. The fourth-order valence-corrected chi connectivity index (χ4v) is 2.69. The number of fused-ring (bicyclic) bond motifs is 1. The van der Waals surface area contributed by atoms with Crippen molar-refractivity contribution in [3.63, 3.8) is 0 Å². The van der Waals surface area contributed by atoms with Crippen molar-refractivity contribution < 1.29 is 19.0 Å². The Bertz CT molecular complexity index is 770. The normalized spacial score (nSPS) is 15.8. The molecule has 3 rings (SSSR count). The van der Waals surface area contributed by atoms with Crippen LogP contribution in [-0.4, -0.2) is 20.2 Å². The zero-order valence-corrected chi connectivity index (χ0v) is 13.6. The monoisotopic (exact) mass is 313 g/mol. The van der Waals surface area contributed by atoms with Crippen LogP contribution in [0, 0.1) is 13.8 Å². The highest BCUT2D eigenvalue weighted by molar-refractivity contribution is 5.98. The van der Waals surface area contributed by atoms with E-state index in [-0.39, 0.29) is 0 Å². The second kappa shape index (κ2) is 5.83. The predicted molar refractivity (Wildman–Crippen MR) is 87.2 cm³/mol. The number of methoxy groups -OCH3 is 2. The largest absolute Gasteiger partial charge is 0.493 e. The van der Waals surface area contributed by atoms with Gasteiger partial charge in [-0.25, -0.2) is 4.79 Å². The average molecular weight is 313 g/mol. The SMILES string of the molecule is COc1ccc2c(c1OC)C(=O)O[C@H]2Nc1ccc(C)c(C)c1. The Morgan fingerprint density at radius 2 is 1.83 bits per heavy atom. The number of nitrogens with one attached hydrogen (secondary N) is 1. The van der Waals surface area contributed by atoms with Crippen LogP contribution in [0.2, 0.25) is 0 Å². The molecule has 0 saturated heterocycles. The molecular formula is C18H19NO4. The van der Waals surface area contributed by atoms with Gasteiger partial charge in [0.15, 0.2) is 11.5 Å². The maximum absolute atomic E-state index is 12.2. The first-order valence-corrected chi connectivity index (χ1v) is 7.34.